The minimum atomic E-state index is 0. The van der Waals surface area contributed by atoms with E-state index in [1.807, 2.05) is 64.2 Å². The molecule has 2 nitrogen and oxygen atoms in total. The van der Waals surface area contributed by atoms with Gasteiger partial charge in [0.25, 0.3) is 0 Å². The minimum absolute atomic E-state index is 0. The predicted octanol–water partition coefficient (Wildman–Crippen LogP) is 1.97. The maximum Gasteiger partial charge on any atom is 0 e. The van der Waals surface area contributed by atoms with Gasteiger partial charge in [0, 0.05) is 25.8 Å². The summed E-state index contributed by atoms with van der Waals surface area (Å²) in [5.74, 6) is 0. The molecule has 0 saturated heterocycles. The van der Waals surface area contributed by atoms with Gasteiger partial charge in [0.2, 0.25) is 0 Å². The van der Waals surface area contributed by atoms with Crippen molar-refractivity contribution in [3.8, 4) is 0 Å². The molecule has 0 aromatic rings. The van der Waals surface area contributed by atoms with E-state index in [4.69, 9.17) is 9.30 Å². The molecule has 2 aliphatic rings. The van der Waals surface area contributed by atoms with Crippen molar-refractivity contribution < 1.29 is 35.1 Å². The van der Waals surface area contributed by atoms with Crippen molar-refractivity contribution in [2.75, 3.05) is 0 Å². The Hall–Kier alpha value is 0.350. The molecule has 0 amide bonds. The predicted molar refractivity (Wildman–Crippen MR) is 50.9 cm³/mol. The van der Waals surface area contributed by atoms with Gasteiger partial charge >= 0.3 is 22.6 Å². The SMILES string of the molecule is [C-]#[O+].[C-]#[O+].[CH]1[CH][CH][CH][CH]1.[CH]1[CH][CH][CH][CH]1.[Hf]. The molecular formula is C12H10HfO2. The summed E-state index contributed by atoms with van der Waals surface area (Å²) in [6.45, 7) is 9.00. The molecule has 15 heavy (non-hydrogen) atoms. The fourth-order valence-corrected chi connectivity index (χ4v) is 0.642. The van der Waals surface area contributed by atoms with Gasteiger partial charge < -0.3 is 0 Å². The van der Waals surface area contributed by atoms with Crippen LogP contribution in [0.1, 0.15) is 0 Å². The van der Waals surface area contributed by atoms with Gasteiger partial charge in [-0.3, -0.25) is 0 Å². The van der Waals surface area contributed by atoms with Crippen LogP contribution >= 0.6 is 0 Å². The third-order valence-corrected chi connectivity index (χ3v) is 1.11. The summed E-state index contributed by atoms with van der Waals surface area (Å²) in [6.07, 6.45) is 20.0. The number of hydrogen-bond donors (Lipinski definition) is 0. The average molecular weight is 365 g/mol. The minimum Gasteiger partial charge on any atom is -0.0312 e. The summed E-state index contributed by atoms with van der Waals surface area (Å²) in [6, 6.07) is 0. The van der Waals surface area contributed by atoms with E-state index in [1.54, 1.807) is 0 Å². The van der Waals surface area contributed by atoms with Gasteiger partial charge in [-0.25, -0.2) is 0 Å². The molecule has 0 N–H and O–H groups in total. The van der Waals surface area contributed by atoms with Gasteiger partial charge in [0.15, 0.2) is 0 Å². The van der Waals surface area contributed by atoms with Crippen LogP contribution in [0, 0.1) is 77.5 Å². The van der Waals surface area contributed by atoms with Crippen molar-refractivity contribution in [3.63, 3.8) is 0 Å². The van der Waals surface area contributed by atoms with E-state index in [2.05, 4.69) is 13.3 Å². The van der Waals surface area contributed by atoms with Crippen molar-refractivity contribution in [2.24, 2.45) is 0 Å². The van der Waals surface area contributed by atoms with E-state index < -0.39 is 0 Å². The summed E-state index contributed by atoms with van der Waals surface area (Å²) in [5.41, 5.74) is 0. The molecule has 0 unspecified atom stereocenters. The Kier molecular flexibility index (Phi) is 33.0. The summed E-state index contributed by atoms with van der Waals surface area (Å²) in [7, 11) is 0. The van der Waals surface area contributed by atoms with E-state index in [1.165, 1.54) is 0 Å². The Morgan fingerprint density at radius 3 is 0.533 bits per heavy atom. The van der Waals surface area contributed by atoms with Crippen molar-refractivity contribution in [3.05, 3.63) is 77.5 Å². The van der Waals surface area contributed by atoms with Gasteiger partial charge in [-0.1, -0.05) is 0 Å². The average Bonchev–Trinajstić information content (AvgIpc) is 3.01. The van der Waals surface area contributed by atoms with Crippen molar-refractivity contribution >= 4 is 0 Å². The third-order valence-electron chi connectivity index (χ3n) is 1.11. The maximum atomic E-state index is 7.50. The Morgan fingerprint density at radius 1 is 0.400 bits per heavy atom. The molecule has 0 spiro atoms. The topological polar surface area (TPSA) is 39.8 Å². The zero-order valence-electron chi connectivity index (χ0n) is 8.09. The Labute approximate surface area is 112 Å². The smallest absolute Gasteiger partial charge is 0 e. The first-order valence-electron chi connectivity index (χ1n) is 3.74. The molecule has 0 bridgehead atoms. The second-order valence-corrected chi connectivity index (χ2v) is 1.92. The van der Waals surface area contributed by atoms with Crippen LogP contribution in [0.25, 0.3) is 0 Å². The van der Waals surface area contributed by atoms with E-state index in [-0.39, 0.29) is 25.8 Å². The van der Waals surface area contributed by atoms with E-state index in [9.17, 15) is 0 Å². The third kappa shape index (κ3) is 20.4. The van der Waals surface area contributed by atoms with Crippen LogP contribution in [-0.4, -0.2) is 0 Å². The first-order valence-corrected chi connectivity index (χ1v) is 3.74. The maximum absolute atomic E-state index is 7.50. The molecular weight excluding hydrogens is 355 g/mol. The van der Waals surface area contributed by atoms with Crippen LogP contribution in [0.15, 0.2) is 0 Å². The van der Waals surface area contributed by atoms with Crippen molar-refractivity contribution in [1.82, 2.24) is 0 Å². The fourth-order valence-electron chi connectivity index (χ4n) is 0.642. The Bertz CT molecular complexity index is 92.9. The molecule has 0 atom stereocenters. The van der Waals surface area contributed by atoms with Crippen LogP contribution in [0.5, 0.6) is 0 Å². The van der Waals surface area contributed by atoms with Crippen LogP contribution in [-0.2, 0) is 35.1 Å². The molecule has 10 radical (unpaired) electrons. The molecule has 0 aliphatic heterocycles. The van der Waals surface area contributed by atoms with Crippen LogP contribution in [0.2, 0.25) is 0 Å². The van der Waals surface area contributed by atoms with E-state index in [0.717, 1.165) is 0 Å². The molecule has 3 heteroatoms. The van der Waals surface area contributed by atoms with Crippen LogP contribution < -0.4 is 0 Å². The molecule has 74 valence electrons. The van der Waals surface area contributed by atoms with Crippen molar-refractivity contribution in [2.45, 2.75) is 0 Å². The molecule has 0 aromatic carbocycles. The summed E-state index contributed by atoms with van der Waals surface area (Å²) in [5, 5.41) is 0. The largest absolute Gasteiger partial charge is 0.0312 e. The zero-order chi connectivity index (χ0) is 11.1. The number of rotatable bonds is 0. The van der Waals surface area contributed by atoms with Crippen LogP contribution in [0.4, 0.5) is 0 Å². The Balaban J connectivity index is -0.000000138. The van der Waals surface area contributed by atoms with E-state index >= 15 is 0 Å². The number of hydrogen-bond acceptors (Lipinski definition) is 0. The van der Waals surface area contributed by atoms with Gasteiger partial charge in [-0.05, 0) is 64.2 Å². The summed E-state index contributed by atoms with van der Waals surface area (Å²) < 4.78 is 15.0. The summed E-state index contributed by atoms with van der Waals surface area (Å²) in [4.78, 5) is 0. The first kappa shape index (κ1) is 20.7. The van der Waals surface area contributed by atoms with Gasteiger partial charge in [-0.15, -0.1) is 0 Å². The first-order chi connectivity index (χ1) is 7.00. The second kappa shape index (κ2) is 23.9. The van der Waals surface area contributed by atoms with Gasteiger partial charge in [0.1, 0.15) is 0 Å². The molecule has 2 rings (SSSR count). The zero-order valence-corrected chi connectivity index (χ0v) is 11.7. The molecule has 0 aromatic heterocycles. The van der Waals surface area contributed by atoms with Gasteiger partial charge in [-0.2, -0.15) is 0 Å². The standard InChI is InChI=1S/2C5H5.2CO.Hf/c2*1-2-4-5-3-1;2*1-2;/h2*1-5H;;;. The van der Waals surface area contributed by atoms with Crippen LogP contribution in [0.3, 0.4) is 0 Å². The summed E-state index contributed by atoms with van der Waals surface area (Å²) >= 11 is 0. The molecule has 0 heterocycles. The van der Waals surface area contributed by atoms with Crippen molar-refractivity contribution in [1.29, 1.82) is 0 Å². The fraction of sp³-hybridized carbons (Fsp3) is 0. The molecule has 2 saturated carbocycles. The Morgan fingerprint density at radius 2 is 0.467 bits per heavy atom. The normalized spacial score (nSPS) is 16.3. The monoisotopic (exact) mass is 366 g/mol. The second-order valence-electron chi connectivity index (χ2n) is 1.92. The van der Waals surface area contributed by atoms with E-state index in [0.29, 0.717) is 0 Å². The quantitative estimate of drug-likeness (QED) is 0.358. The van der Waals surface area contributed by atoms with Gasteiger partial charge in [0.05, 0.1) is 0 Å². The molecule has 2 fully saturated rings. The molecule has 2 aliphatic carbocycles.